The molecular weight excluding hydrogens is 680 g/mol. The molecule has 10 nitrogen and oxygen atoms in total. The van der Waals surface area contributed by atoms with E-state index < -0.39 is 5.54 Å². The molecule has 52 heavy (non-hydrogen) atoms. The van der Waals surface area contributed by atoms with Crippen molar-refractivity contribution in [2.45, 2.75) is 71.9 Å². The summed E-state index contributed by atoms with van der Waals surface area (Å²) in [5.74, 6) is 1.83. The van der Waals surface area contributed by atoms with Crippen LogP contribution in [0.5, 0.6) is 17.2 Å². The van der Waals surface area contributed by atoms with Crippen LogP contribution in [0.3, 0.4) is 0 Å². The van der Waals surface area contributed by atoms with Gasteiger partial charge in [0.1, 0.15) is 36.5 Å². The second kappa shape index (κ2) is 18.0. The molecule has 0 saturated carbocycles. The van der Waals surface area contributed by atoms with Gasteiger partial charge < -0.3 is 39.7 Å². The monoisotopic (exact) mass is 728 g/mol. The summed E-state index contributed by atoms with van der Waals surface area (Å²) in [6.45, 7) is 11.1. The van der Waals surface area contributed by atoms with Gasteiger partial charge in [0.25, 0.3) is 0 Å². The number of hydrogen-bond acceptors (Lipinski definition) is 10. The molecule has 1 atom stereocenters. The lowest BCUT2D eigenvalue weighted by Gasteiger charge is -2.28. The highest BCUT2D eigenvalue weighted by Gasteiger charge is 2.25. The number of likely N-dealkylation sites (tertiary alicyclic amines) is 1. The van der Waals surface area contributed by atoms with Crippen molar-refractivity contribution in [2.24, 2.45) is 0 Å². The van der Waals surface area contributed by atoms with E-state index in [1.165, 1.54) is 6.20 Å². The summed E-state index contributed by atoms with van der Waals surface area (Å²) in [5, 5.41) is 42.5. The van der Waals surface area contributed by atoms with Gasteiger partial charge in [0, 0.05) is 55.8 Å². The third-order valence-electron chi connectivity index (χ3n) is 9.79. The number of rotatable bonds is 17. The van der Waals surface area contributed by atoms with Gasteiger partial charge in [-0.05, 0) is 86.1 Å². The van der Waals surface area contributed by atoms with Crippen molar-refractivity contribution >= 4 is 11.6 Å². The Morgan fingerprint density at radius 1 is 0.942 bits per heavy atom. The lowest BCUT2D eigenvalue weighted by atomic mass is 9.93. The Labute approximate surface area is 311 Å². The van der Waals surface area contributed by atoms with Gasteiger partial charge in [-0.15, -0.1) is 0 Å². The van der Waals surface area contributed by atoms with Crippen LogP contribution in [0, 0.1) is 32.1 Å². The fourth-order valence-corrected chi connectivity index (χ4v) is 6.54. The molecule has 11 heteroatoms. The Hall–Kier alpha value is -4.21. The number of aromatic nitrogens is 1. The van der Waals surface area contributed by atoms with Gasteiger partial charge in [-0.2, -0.15) is 5.26 Å². The van der Waals surface area contributed by atoms with E-state index >= 15 is 0 Å². The molecule has 1 aliphatic rings. The quantitative estimate of drug-likeness (QED) is 0.0954. The van der Waals surface area contributed by atoms with Gasteiger partial charge in [-0.3, -0.25) is 4.98 Å². The molecule has 0 amide bonds. The number of nitrogens with one attached hydrogen (secondary N) is 1. The third-order valence-corrected chi connectivity index (χ3v) is 10.3. The van der Waals surface area contributed by atoms with Gasteiger partial charge >= 0.3 is 0 Å². The molecule has 1 aliphatic heterocycles. The predicted octanol–water partition coefficient (Wildman–Crippen LogP) is 6.03. The first-order valence-electron chi connectivity index (χ1n) is 17.7. The minimum atomic E-state index is -0.915. The number of pyridine rings is 1. The van der Waals surface area contributed by atoms with Gasteiger partial charge in [0.05, 0.1) is 42.0 Å². The highest BCUT2D eigenvalue weighted by molar-refractivity contribution is 6.33. The number of ether oxygens (including phenoxy) is 3. The van der Waals surface area contributed by atoms with Gasteiger partial charge in [-0.1, -0.05) is 41.9 Å². The molecule has 0 bridgehead atoms. The summed E-state index contributed by atoms with van der Waals surface area (Å²) >= 11 is 6.93. The fraction of sp³-hybridized carbons (Fsp3) is 0.415. The summed E-state index contributed by atoms with van der Waals surface area (Å²) in [4.78, 5) is 6.42. The maximum Gasteiger partial charge on any atom is 0.142 e. The summed E-state index contributed by atoms with van der Waals surface area (Å²) in [7, 11) is 0. The maximum atomic E-state index is 9.86. The van der Waals surface area contributed by atoms with E-state index in [2.05, 4.69) is 47.3 Å². The summed E-state index contributed by atoms with van der Waals surface area (Å²) in [5.41, 5.74) is 7.06. The number of benzene rings is 3. The first-order valence-corrected chi connectivity index (χ1v) is 18.0. The third kappa shape index (κ3) is 9.61. The zero-order valence-electron chi connectivity index (χ0n) is 30.4. The molecular formula is C41H49ClN4O6. The van der Waals surface area contributed by atoms with Crippen molar-refractivity contribution in [3.05, 3.63) is 105 Å². The van der Waals surface area contributed by atoms with Crippen LogP contribution < -0.4 is 19.5 Å². The van der Waals surface area contributed by atoms with E-state index in [-0.39, 0.29) is 39.1 Å². The molecule has 3 aromatic carbocycles. The van der Waals surface area contributed by atoms with Crippen molar-refractivity contribution in [3.63, 3.8) is 0 Å². The topological polar surface area (TPSA) is 140 Å². The first-order chi connectivity index (χ1) is 25.1. The Balaban J connectivity index is 1.34. The Morgan fingerprint density at radius 3 is 2.38 bits per heavy atom. The van der Waals surface area contributed by atoms with E-state index in [1.807, 2.05) is 31.2 Å². The van der Waals surface area contributed by atoms with Crippen LogP contribution in [-0.4, -0.2) is 76.3 Å². The lowest BCUT2D eigenvalue weighted by molar-refractivity contribution is 0.103. The molecule has 1 saturated heterocycles. The van der Waals surface area contributed by atoms with Crippen LogP contribution in [0.15, 0.2) is 60.9 Å². The van der Waals surface area contributed by atoms with E-state index in [0.29, 0.717) is 28.7 Å². The smallest absolute Gasteiger partial charge is 0.142 e. The number of nitrogens with zero attached hydrogens (tertiary/aromatic N) is 3. The second-order valence-electron chi connectivity index (χ2n) is 13.8. The van der Waals surface area contributed by atoms with Crippen LogP contribution in [-0.2, 0) is 19.8 Å². The minimum absolute atomic E-state index is 0.152. The van der Waals surface area contributed by atoms with Crippen LogP contribution in [0.25, 0.3) is 11.1 Å². The highest BCUT2D eigenvalue weighted by Crippen LogP contribution is 2.39. The van der Waals surface area contributed by atoms with Crippen LogP contribution in [0.4, 0.5) is 0 Å². The van der Waals surface area contributed by atoms with Gasteiger partial charge in [0.2, 0.25) is 0 Å². The van der Waals surface area contributed by atoms with Crippen LogP contribution in [0.2, 0.25) is 5.02 Å². The Morgan fingerprint density at radius 2 is 1.67 bits per heavy atom. The minimum Gasteiger partial charge on any atom is -0.493 e. The predicted molar refractivity (Wildman–Crippen MR) is 202 cm³/mol. The van der Waals surface area contributed by atoms with E-state index in [0.717, 1.165) is 82.7 Å². The van der Waals surface area contributed by atoms with Crippen LogP contribution in [0.1, 0.15) is 58.7 Å². The molecule has 0 spiro atoms. The van der Waals surface area contributed by atoms with Gasteiger partial charge in [-0.25, -0.2) is 0 Å². The zero-order chi connectivity index (χ0) is 37.3. The van der Waals surface area contributed by atoms with Crippen molar-refractivity contribution in [1.82, 2.24) is 15.2 Å². The van der Waals surface area contributed by atoms with Crippen LogP contribution >= 0.6 is 11.6 Å². The van der Waals surface area contributed by atoms with Crippen molar-refractivity contribution < 1.29 is 29.5 Å². The highest BCUT2D eigenvalue weighted by atomic mass is 35.5. The fourth-order valence-electron chi connectivity index (χ4n) is 6.31. The molecule has 0 unspecified atom stereocenters. The lowest BCUT2D eigenvalue weighted by Crippen LogP contribution is -2.48. The first kappa shape index (κ1) is 39.0. The molecule has 5 rings (SSSR count). The Kier molecular flexibility index (Phi) is 13.5. The molecule has 0 radical (unpaired) electrons. The largest absolute Gasteiger partial charge is 0.493 e. The van der Waals surface area contributed by atoms with E-state index in [9.17, 15) is 20.6 Å². The average molecular weight is 729 g/mol. The number of hydrogen-bond donors (Lipinski definition) is 4. The molecule has 4 N–H and O–H groups in total. The second-order valence-corrected chi connectivity index (χ2v) is 14.1. The number of β-amino-alcohol motifs (C(OH)–C–C–N with tert-alkyl or cyclic N) is 1. The normalized spacial score (nSPS) is 14.7. The Bertz CT molecular complexity index is 1880. The van der Waals surface area contributed by atoms with Crippen molar-refractivity contribution in [3.8, 4) is 34.4 Å². The standard InChI is InChI=1S/C41H49ClN4O6/c1-27-32(8-5-9-34(27)35-10-6-11-37(28(35)2)50-15-7-13-46-14-12-33(49)22-46)24-52-39-17-38(51-23-31-16-30(18-43)19-44-20-31)36(29(3)40(39)42)21-45-41(4,25-47)26-48/h5-6,8-11,16-17,19-20,33,45,47-49H,7,12-15,21-26H2,1-4H3/t33-/m1/s1. The summed E-state index contributed by atoms with van der Waals surface area (Å²) < 4.78 is 18.9. The molecule has 4 aromatic rings. The number of aliphatic hydroxyl groups is 3. The SMILES string of the molecule is Cc1c(COc2cc(OCc3cncc(C#N)c3)c(CNC(C)(CO)CO)c(C)c2Cl)cccc1-c1cccc(OCCCN2CC[C@@H](O)C2)c1C. The molecule has 1 aromatic heterocycles. The average Bonchev–Trinajstić information content (AvgIpc) is 3.58. The molecule has 1 fully saturated rings. The number of halogens is 1. The van der Waals surface area contributed by atoms with Crippen molar-refractivity contribution in [1.29, 1.82) is 5.26 Å². The van der Waals surface area contributed by atoms with E-state index in [1.54, 1.807) is 25.3 Å². The molecule has 276 valence electrons. The molecule has 2 heterocycles. The van der Waals surface area contributed by atoms with Crippen molar-refractivity contribution in [2.75, 3.05) is 39.5 Å². The van der Waals surface area contributed by atoms with Gasteiger partial charge in [0.15, 0.2) is 0 Å². The summed E-state index contributed by atoms with van der Waals surface area (Å²) in [6, 6.07) is 17.9. The number of aliphatic hydroxyl groups excluding tert-OH is 3. The number of nitriles is 1. The zero-order valence-corrected chi connectivity index (χ0v) is 31.2. The summed E-state index contributed by atoms with van der Waals surface area (Å²) in [6.07, 6.45) is 4.67. The maximum absolute atomic E-state index is 9.86. The molecule has 0 aliphatic carbocycles. The van der Waals surface area contributed by atoms with E-state index in [4.69, 9.17) is 25.8 Å².